The highest BCUT2D eigenvalue weighted by Gasteiger charge is 2.14. The molecule has 0 aliphatic rings. The van der Waals surface area contributed by atoms with Gasteiger partial charge in [-0.3, -0.25) is 4.18 Å². The minimum absolute atomic E-state index is 0.110. The van der Waals surface area contributed by atoms with Crippen molar-refractivity contribution in [3.63, 3.8) is 0 Å². The van der Waals surface area contributed by atoms with Crippen molar-refractivity contribution in [1.82, 2.24) is 4.90 Å². The van der Waals surface area contributed by atoms with E-state index in [9.17, 15) is 25.3 Å². The highest BCUT2D eigenvalue weighted by molar-refractivity contribution is 7.86. The highest BCUT2D eigenvalue weighted by Crippen LogP contribution is 2.24. The Morgan fingerprint density at radius 2 is 1.09 bits per heavy atom. The van der Waals surface area contributed by atoms with Crippen molar-refractivity contribution < 1.29 is 37.8 Å². The zero-order chi connectivity index (χ0) is 26.3. The number of nitrogens with zero attached hydrogens (tertiary/aromatic N) is 1. The van der Waals surface area contributed by atoms with Crippen LogP contribution >= 0.6 is 0 Å². The maximum atomic E-state index is 11.0. The van der Waals surface area contributed by atoms with Gasteiger partial charge in [-0.15, -0.1) is 0 Å². The summed E-state index contributed by atoms with van der Waals surface area (Å²) in [7, 11) is -6.71. The SMILES string of the molecule is CC(OS(C)(=O)=O)c1cccc(OS(C)(=O)=O)c1.CC(c1cccc(OS(C)(=O)=O)c1)N(C)C. The Morgan fingerprint density at radius 1 is 0.676 bits per heavy atom. The Bertz CT molecular complexity index is 1270. The summed E-state index contributed by atoms with van der Waals surface area (Å²) in [6, 6.07) is 13.4. The van der Waals surface area contributed by atoms with Crippen LogP contribution in [0.3, 0.4) is 0 Å². The molecule has 0 saturated carbocycles. The van der Waals surface area contributed by atoms with Crippen LogP contribution in [0.15, 0.2) is 48.5 Å². The van der Waals surface area contributed by atoms with Crippen LogP contribution in [0.5, 0.6) is 11.5 Å². The summed E-state index contributed by atoms with van der Waals surface area (Å²) < 4.78 is 80.1. The topological polar surface area (TPSA) is 133 Å². The Morgan fingerprint density at radius 3 is 1.47 bits per heavy atom. The van der Waals surface area contributed by atoms with Gasteiger partial charge in [0.15, 0.2) is 0 Å². The third-order valence-electron chi connectivity index (χ3n) is 4.26. The van der Waals surface area contributed by atoms with Gasteiger partial charge in [0.2, 0.25) is 0 Å². The molecule has 2 aromatic rings. The van der Waals surface area contributed by atoms with Crippen molar-refractivity contribution in [1.29, 1.82) is 0 Å². The predicted octanol–water partition coefficient (Wildman–Crippen LogP) is 2.71. The zero-order valence-electron chi connectivity index (χ0n) is 20.1. The maximum absolute atomic E-state index is 11.0. The quantitative estimate of drug-likeness (QED) is 0.440. The van der Waals surface area contributed by atoms with Crippen molar-refractivity contribution >= 4 is 30.4 Å². The molecule has 0 aliphatic heterocycles. The molecule has 192 valence electrons. The normalized spacial score (nSPS) is 14.0. The van der Waals surface area contributed by atoms with Crippen molar-refractivity contribution in [2.24, 2.45) is 0 Å². The lowest BCUT2D eigenvalue weighted by atomic mass is 10.1. The predicted molar refractivity (Wildman–Crippen MR) is 130 cm³/mol. The second kappa shape index (κ2) is 12.0. The van der Waals surface area contributed by atoms with E-state index >= 15 is 0 Å². The van der Waals surface area contributed by atoms with Crippen LogP contribution in [-0.2, 0) is 34.5 Å². The molecular formula is C21H31NO9S3. The number of hydrogen-bond acceptors (Lipinski definition) is 10. The van der Waals surface area contributed by atoms with Crippen molar-refractivity contribution in [3.8, 4) is 11.5 Å². The summed E-state index contributed by atoms with van der Waals surface area (Å²) in [5.74, 6) is 0.465. The fourth-order valence-electron chi connectivity index (χ4n) is 2.61. The average Bonchev–Trinajstić information content (AvgIpc) is 2.64. The van der Waals surface area contributed by atoms with Gasteiger partial charge in [-0.25, -0.2) is 0 Å². The van der Waals surface area contributed by atoms with Crippen molar-refractivity contribution in [2.75, 3.05) is 32.9 Å². The van der Waals surface area contributed by atoms with E-state index in [1.807, 2.05) is 32.0 Å². The summed E-state index contributed by atoms with van der Waals surface area (Å²) in [6.07, 6.45) is 2.19. The van der Waals surface area contributed by atoms with E-state index in [0.29, 0.717) is 11.3 Å². The van der Waals surface area contributed by atoms with Gasteiger partial charge in [0.05, 0.1) is 24.9 Å². The summed E-state index contributed by atoms with van der Waals surface area (Å²) in [4.78, 5) is 2.04. The van der Waals surface area contributed by atoms with Gasteiger partial charge in [0.1, 0.15) is 11.5 Å². The van der Waals surface area contributed by atoms with E-state index in [-0.39, 0.29) is 11.8 Å². The van der Waals surface area contributed by atoms with Crippen LogP contribution in [0.25, 0.3) is 0 Å². The van der Waals surface area contributed by atoms with Crippen LogP contribution in [0.4, 0.5) is 0 Å². The van der Waals surface area contributed by atoms with Gasteiger partial charge in [-0.05, 0) is 63.3 Å². The zero-order valence-corrected chi connectivity index (χ0v) is 22.6. The Balaban J connectivity index is 0.000000342. The molecule has 0 fully saturated rings. The molecule has 0 N–H and O–H groups in total. The van der Waals surface area contributed by atoms with Crippen LogP contribution in [0, 0.1) is 0 Å². The van der Waals surface area contributed by atoms with E-state index in [1.54, 1.807) is 37.3 Å². The lowest BCUT2D eigenvalue weighted by Crippen LogP contribution is -2.16. The molecule has 0 spiro atoms. The third kappa shape index (κ3) is 12.3. The lowest BCUT2D eigenvalue weighted by Gasteiger charge is -2.20. The van der Waals surface area contributed by atoms with Gasteiger partial charge in [0.25, 0.3) is 10.1 Å². The van der Waals surface area contributed by atoms with Gasteiger partial charge in [-0.1, -0.05) is 24.3 Å². The number of benzene rings is 2. The maximum Gasteiger partial charge on any atom is 0.306 e. The molecular weight excluding hydrogens is 506 g/mol. The van der Waals surface area contributed by atoms with Crippen molar-refractivity contribution in [3.05, 3.63) is 59.7 Å². The van der Waals surface area contributed by atoms with E-state index in [4.69, 9.17) is 8.37 Å². The second-order valence-corrected chi connectivity index (χ2v) is 12.6. The summed E-state index contributed by atoms with van der Waals surface area (Å²) in [5.41, 5.74) is 1.52. The molecule has 0 heterocycles. The van der Waals surface area contributed by atoms with E-state index in [2.05, 4.69) is 4.18 Å². The Labute approximate surface area is 202 Å². The Hall–Kier alpha value is -2.19. The first-order chi connectivity index (χ1) is 15.4. The molecule has 2 aromatic carbocycles. The fourth-order valence-corrected chi connectivity index (χ4v) is 4.15. The van der Waals surface area contributed by atoms with Gasteiger partial charge in [0, 0.05) is 6.04 Å². The largest absolute Gasteiger partial charge is 0.383 e. The van der Waals surface area contributed by atoms with Gasteiger partial charge in [-0.2, -0.15) is 25.3 Å². The molecule has 13 heteroatoms. The number of hydrogen-bond donors (Lipinski definition) is 0. The molecule has 2 atom stereocenters. The van der Waals surface area contributed by atoms with E-state index < -0.39 is 36.5 Å². The van der Waals surface area contributed by atoms with Crippen LogP contribution < -0.4 is 8.37 Å². The summed E-state index contributed by atoms with van der Waals surface area (Å²) >= 11 is 0. The molecule has 0 bridgehead atoms. The smallest absolute Gasteiger partial charge is 0.306 e. The van der Waals surface area contributed by atoms with Crippen molar-refractivity contribution in [2.45, 2.75) is 26.0 Å². The lowest BCUT2D eigenvalue weighted by molar-refractivity contribution is 0.236. The first-order valence-corrected chi connectivity index (χ1v) is 15.3. The standard InChI is InChI=1S/C11H17NO3S.C10H14O6S2/c1-9(12(2)3)10-6-5-7-11(8-10)15-16(4,13)14;1-8(15-17(2,11)12)9-5-4-6-10(7-9)16-18(3,13)14/h5-9H,1-4H3;4-8H,1-3H3. The molecule has 0 aromatic heterocycles. The van der Waals surface area contributed by atoms with E-state index in [0.717, 1.165) is 24.3 Å². The highest BCUT2D eigenvalue weighted by atomic mass is 32.2. The summed E-state index contributed by atoms with van der Waals surface area (Å²) in [6.45, 7) is 3.58. The molecule has 2 unspecified atom stereocenters. The molecule has 0 radical (unpaired) electrons. The van der Waals surface area contributed by atoms with Crippen LogP contribution in [0.1, 0.15) is 37.1 Å². The molecule has 0 saturated heterocycles. The fraction of sp³-hybridized carbons (Fsp3) is 0.429. The van der Waals surface area contributed by atoms with Gasteiger partial charge >= 0.3 is 20.2 Å². The molecule has 0 aliphatic carbocycles. The minimum Gasteiger partial charge on any atom is -0.383 e. The van der Waals surface area contributed by atoms with Gasteiger partial charge < -0.3 is 13.3 Å². The van der Waals surface area contributed by atoms with Crippen LogP contribution in [0.2, 0.25) is 0 Å². The summed E-state index contributed by atoms with van der Waals surface area (Å²) in [5, 5.41) is 0. The molecule has 10 nitrogen and oxygen atoms in total. The molecule has 0 amide bonds. The molecule has 34 heavy (non-hydrogen) atoms. The third-order valence-corrected chi connectivity index (χ3v) is 5.89. The number of rotatable bonds is 9. The molecule has 2 rings (SSSR count). The first-order valence-electron chi connectivity index (χ1n) is 9.90. The minimum atomic E-state index is -3.61. The van der Waals surface area contributed by atoms with E-state index in [1.165, 1.54) is 12.1 Å². The Kier molecular flexibility index (Phi) is 10.5. The first kappa shape index (κ1) is 29.8. The monoisotopic (exact) mass is 537 g/mol. The second-order valence-electron chi connectivity index (χ2n) is 7.80. The average molecular weight is 538 g/mol. The van der Waals surface area contributed by atoms with Crippen LogP contribution in [-0.4, -0.2) is 63.0 Å².